The summed E-state index contributed by atoms with van der Waals surface area (Å²) in [7, 11) is 0. The van der Waals surface area contributed by atoms with Gasteiger partial charge in [-0.3, -0.25) is 14.9 Å². The second kappa shape index (κ2) is 8.01. The maximum absolute atomic E-state index is 12.5. The lowest BCUT2D eigenvalue weighted by molar-refractivity contribution is -0.385. The molecule has 0 saturated carbocycles. The van der Waals surface area contributed by atoms with Crippen LogP contribution in [0.2, 0.25) is 0 Å². The van der Waals surface area contributed by atoms with Crippen LogP contribution in [-0.2, 0) is 0 Å². The van der Waals surface area contributed by atoms with Crippen molar-refractivity contribution in [3.05, 3.63) is 46.5 Å². The number of carbonyl (C=O) groups excluding carboxylic acids is 1. The Morgan fingerprint density at radius 3 is 2.81 bits per heavy atom. The highest BCUT2D eigenvalue weighted by Crippen LogP contribution is 2.31. The predicted octanol–water partition coefficient (Wildman–Crippen LogP) is 1.61. The van der Waals surface area contributed by atoms with Gasteiger partial charge in [0.15, 0.2) is 0 Å². The zero-order valence-electron chi connectivity index (χ0n) is 11.8. The van der Waals surface area contributed by atoms with Crippen LogP contribution in [0.15, 0.2) is 30.9 Å². The van der Waals surface area contributed by atoms with Crippen molar-refractivity contribution in [3.8, 4) is 5.75 Å². The standard InChI is InChI=1S/C14H18N2O5/c1-3-8-15(9-10-17)14(18)11-6-5-7-12(16(19)20)13(11)21-4-2/h3,5-7,17H,1,4,8-10H2,2H3. The van der Waals surface area contributed by atoms with Gasteiger partial charge in [-0.25, -0.2) is 0 Å². The zero-order chi connectivity index (χ0) is 15.8. The Morgan fingerprint density at radius 1 is 1.57 bits per heavy atom. The average Bonchev–Trinajstić information content (AvgIpc) is 2.46. The van der Waals surface area contributed by atoms with Crippen molar-refractivity contribution >= 4 is 11.6 Å². The molecule has 0 aromatic heterocycles. The van der Waals surface area contributed by atoms with E-state index in [1.807, 2.05) is 0 Å². The topological polar surface area (TPSA) is 92.9 Å². The lowest BCUT2D eigenvalue weighted by Crippen LogP contribution is -2.34. The van der Waals surface area contributed by atoms with Gasteiger partial charge in [0.05, 0.1) is 23.7 Å². The van der Waals surface area contributed by atoms with Crippen molar-refractivity contribution in [3.63, 3.8) is 0 Å². The third-order valence-electron chi connectivity index (χ3n) is 2.72. The summed E-state index contributed by atoms with van der Waals surface area (Å²) >= 11 is 0. The van der Waals surface area contributed by atoms with Gasteiger partial charge in [-0.15, -0.1) is 6.58 Å². The number of nitrogens with zero attached hydrogens (tertiary/aromatic N) is 2. The third kappa shape index (κ3) is 4.03. The minimum absolute atomic E-state index is 0.0537. The molecule has 0 aliphatic carbocycles. The van der Waals surface area contributed by atoms with Crippen LogP contribution >= 0.6 is 0 Å². The van der Waals surface area contributed by atoms with E-state index < -0.39 is 10.8 Å². The van der Waals surface area contributed by atoms with E-state index in [4.69, 9.17) is 9.84 Å². The van der Waals surface area contributed by atoms with Crippen LogP contribution in [-0.4, -0.2) is 47.1 Å². The molecule has 1 aromatic rings. The van der Waals surface area contributed by atoms with Crippen molar-refractivity contribution in [2.45, 2.75) is 6.92 Å². The minimum Gasteiger partial charge on any atom is -0.487 e. The van der Waals surface area contributed by atoms with E-state index in [9.17, 15) is 14.9 Å². The van der Waals surface area contributed by atoms with Gasteiger partial charge in [-0.05, 0) is 13.0 Å². The maximum atomic E-state index is 12.5. The Hall–Kier alpha value is -2.41. The highest BCUT2D eigenvalue weighted by atomic mass is 16.6. The molecule has 0 bridgehead atoms. The molecule has 0 saturated heterocycles. The number of ether oxygens (including phenoxy) is 1. The summed E-state index contributed by atoms with van der Waals surface area (Å²) in [6.45, 7) is 5.56. The van der Waals surface area contributed by atoms with Gasteiger partial charge in [0.25, 0.3) is 5.91 Å². The fourth-order valence-corrected chi connectivity index (χ4v) is 1.86. The number of para-hydroxylation sites is 1. The molecule has 0 spiro atoms. The van der Waals surface area contributed by atoms with Gasteiger partial charge in [0.1, 0.15) is 0 Å². The molecular weight excluding hydrogens is 276 g/mol. The Bertz CT molecular complexity index is 530. The normalized spacial score (nSPS) is 10.0. The van der Waals surface area contributed by atoms with Crippen molar-refractivity contribution in [1.82, 2.24) is 4.90 Å². The van der Waals surface area contributed by atoms with Crippen LogP contribution < -0.4 is 4.74 Å². The molecule has 0 fully saturated rings. The summed E-state index contributed by atoms with van der Waals surface area (Å²) in [6, 6.07) is 4.18. The van der Waals surface area contributed by atoms with Gasteiger partial charge in [0.2, 0.25) is 5.75 Å². The van der Waals surface area contributed by atoms with Gasteiger partial charge >= 0.3 is 5.69 Å². The van der Waals surface area contributed by atoms with E-state index >= 15 is 0 Å². The van der Waals surface area contributed by atoms with Crippen LogP contribution in [0.1, 0.15) is 17.3 Å². The molecule has 0 aliphatic rings. The first-order chi connectivity index (χ1) is 10.1. The summed E-state index contributed by atoms with van der Waals surface area (Å²) in [6.07, 6.45) is 1.52. The first-order valence-corrected chi connectivity index (χ1v) is 6.48. The number of hydrogen-bond donors (Lipinski definition) is 1. The summed E-state index contributed by atoms with van der Waals surface area (Å²) in [4.78, 5) is 24.2. The van der Waals surface area contributed by atoms with E-state index in [2.05, 4.69) is 6.58 Å². The Labute approximate surface area is 122 Å². The van der Waals surface area contributed by atoms with Crippen molar-refractivity contribution in [2.24, 2.45) is 0 Å². The SMILES string of the molecule is C=CCN(CCO)C(=O)c1cccc([N+](=O)[O-])c1OCC. The van der Waals surface area contributed by atoms with E-state index in [0.29, 0.717) is 0 Å². The average molecular weight is 294 g/mol. The number of nitro benzene ring substituents is 1. The van der Waals surface area contributed by atoms with Crippen molar-refractivity contribution in [2.75, 3.05) is 26.3 Å². The molecule has 0 atom stereocenters. The maximum Gasteiger partial charge on any atom is 0.311 e. The second-order valence-electron chi connectivity index (χ2n) is 4.11. The predicted molar refractivity (Wildman–Crippen MR) is 77.5 cm³/mol. The quantitative estimate of drug-likeness (QED) is 0.446. The number of rotatable bonds is 8. The van der Waals surface area contributed by atoms with Gasteiger partial charge < -0.3 is 14.7 Å². The smallest absolute Gasteiger partial charge is 0.311 e. The minimum atomic E-state index is -0.592. The van der Waals surface area contributed by atoms with Gasteiger partial charge in [0, 0.05) is 19.2 Å². The van der Waals surface area contributed by atoms with E-state index in [0.717, 1.165) is 0 Å². The summed E-state index contributed by atoms with van der Waals surface area (Å²) in [5.41, 5.74) is -0.161. The molecule has 0 unspecified atom stereocenters. The summed E-state index contributed by atoms with van der Waals surface area (Å²) < 4.78 is 5.28. The summed E-state index contributed by atoms with van der Waals surface area (Å²) in [5, 5.41) is 20.0. The molecule has 7 heteroatoms. The number of amides is 1. The lowest BCUT2D eigenvalue weighted by Gasteiger charge is -2.21. The molecule has 21 heavy (non-hydrogen) atoms. The lowest BCUT2D eigenvalue weighted by atomic mass is 10.1. The number of aliphatic hydroxyl groups excluding tert-OH is 1. The van der Waals surface area contributed by atoms with Crippen LogP contribution in [0.5, 0.6) is 5.75 Å². The fourth-order valence-electron chi connectivity index (χ4n) is 1.86. The fraction of sp³-hybridized carbons (Fsp3) is 0.357. The number of hydrogen-bond acceptors (Lipinski definition) is 5. The monoisotopic (exact) mass is 294 g/mol. The molecule has 1 rings (SSSR count). The van der Waals surface area contributed by atoms with Gasteiger partial charge in [-0.2, -0.15) is 0 Å². The number of carbonyl (C=O) groups is 1. The van der Waals surface area contributed by atoms with E-state index in [1.165, 1.54) is 29.2 Å². The molecule has 0 radical (unpaired) electrons. The zero-order valence-corrected chi connectivity index (χ0v) is 11.8. The number of nitro groups is 1. The molecule has 0 aliphatic heterocycles. The Morgan fingerprint density at radius 2 is 2.29 bits per heavy atom. The van der Waals surface area contributed by atoms with Gasteiger partial charge in [-0.1, -0.05) is 12.1 Å². The van der Waals surface area contributed by atoms with Crippen LogP contribution in [0.4, 0.5) is 5.69 Å². The molecular formula is C14H18N2O5. The van der Waals surface area contributed by atoms with Crippen LogP contribution in [0.25, 0.3) is 0 Å². The molecule has 0 heterocycles. The molecule has 7 nitrogen and oxygen atoms in total. The number of aliphatic hydroxyl groups is 1. The molecule has 1 amide bonds. The highest BCUT2D eigenvalue weighted by molar-refractivity contribution is 5.98. The van der Waals surface area contributed by atoms with Crippen LogP contribution in [0.3, 0.4) is 0 Å². The first-order valence-electron chi connectivity index (χ1n) is 6.48. The molecule has 1 N–H and O–H groups in total. The Balaban J connectivity index is 3.26. The second-order valence-corrected chi connectivity index (χ2v) is 4.11. The first kappa shape index (κ1) is 16.6. The number of benzene rings is 1. The van der Waals surface area contributed by atoms with Crippen molar-refractivity contribution in [1.29, 1.82) is 0 Å². The van der Waals surface area contributed by atoms with Crippen LogP contribution in [0, 0.1) is 10.1 Å². The van der Waals surface area contributed by atoms with E-state index in [-0.39, 0.29) is 43.3 Å². The molecule has 1 aromatic carbocycles. The third-order valence-corrected chi connectivity index (χ3v) is 2.72. The summed E-state index contributed by atoms with van der Waals surface area (Å²) in [5.74, 6) is -0.502. The molecule has 114 valence electrons. The van der Waals surface area contributed by atoms with E-state index in [1.54, 1.807) is 6.92 Å². The Kier molecular flexibility index (Phi) is 6.35. The largest absolute Gasteiger partial charge is 0.487 e. The van der Waals surface area contributed by atoms with Crippen molar-refractivity contribution < 1.29 is 19.6 Å². The highest BCUT2D eigenvalue weighted by Gasteiger charge is 2.25.